The quantitative estimate of drug-likeness (QED) is 0.447. The second-order valence-corrected chi connectivity index (χ2v) is 9.14. The molecule has 0 aliphatic heterocycles. The summed E-state index contributed by atoms with van der Waals surface area (Å²) < 4.78 is 26.1. The lowest BCUT2D eigenvalue weighted by Gasteiger charge is -2.12. The molecule has 1 aromatic carbocycles. The minimum absolute atomic E-state index is 0.0552. The minimum atomic E-state index is -3.60. The van der Waals surface area contributed by atoms with Crippen LogP contribution < -0.4 is 5.32 Å². The van der Waals surface area contributed by atoms with Crippen molar-refractivity contribution in [2.24, 2.45) is 0 Å². The van der Waals surface area contributed by atoms with E-state index in [1.807, 2.05) is 0 Å². The molecule has 0 spiro atoms. The maximum absolute atomic E-state index is 12.3. The molecule has 0 saturated carbocycles. The van der Waals surface area contributed by atoms with Gasteiger partial charge in [-0.2, -0.15) is 0 Å². The Bertz CT molecular complexity index is 846. The molecule has 0 radical (unpaired) electrons. The first-order valence-corrected chi connectivity index (χ1v) is 10.00. The van der Waals surface area contributed by atoms with E-state index in [4.69, 9.17) is 0 Å². The summed E-state index contributed by atoms with van der Waals surface area (Å²) in [6, 6.07) is 5.84. The highest BCUT2D eigenvalue weighted by Gasteiger charge is 2.19. The molecular weight excluding hydrogens is 368 g/mol. The van der Waals surface area contributed by atoms with Crippen LogP contribution in [0, 0.1) is 0 Å². The Balaban J connectivity index is 2.16. The molecule has 0 unspecified atom stereocenters. The number of nitrogens with one attached hydrogen (secondary N) is 1. The van der Waals surface area contributed by atoms with E-state index in [9.17, 15) is 13.2 Å². The highest BCUT2D eigenvalue weighted by molar-refractivity contribution is 8.01. The number of hydrogen-bond acceptors (Lipinski definition) is 7. The Hall–Kier alpha value is -1.75. The van der Waals surface area contributed by atoms with Crippen molar-refractivity contribution in [3.8, 4) is 0 Å². The van der Waals surface area contributed by atoms with E-state index < -0.39 is 15.9 Å². The molecule has 2 aromatic rings. The number of thioether (sulfide) groups is 1. The van der Waals surface area contributed by atoms with Crippen LogP contribution in [-0.4, -0.2) is 48.7 Å². The lowest BCUT2D eigenvalue weighted by atomic mass is 10.2. The van der Waals surface area contributed by atoms with Crippen molar-refractivity contribution in [1.29, 1.82) is 0 Å². The molecule has 0 saturated heterocycles. The molecule has 1 amide bonds. The normalized spacial score (nSPS) is 11.5. The first-order chi connectivity index (χ1) is 11.3. The average molecular weight is 385 g/mol. The van der Waals surface area contributed by atoms with Crippen LogP contribution >= 0.6 is 23.1 Å². The van der Waals surface area contributed by atoms with Crippen molar-refractivity contribution in [1.82, 2.24) is 14.5 Å². The number of sulfonamides is 1. The van der Waals surface area contributed by atoms with E-state index in [2.05, 4.69) is 22.1 Å². The van der Waals surface area contributed by atoms with Crippen LogP contribution in [0.4, 0.5) is 5.13 Å². The van der Waals surface area contributed by atoms with Crippen molar-refractivity contribution < 1.29 is 13.2 Å². The number of carbonyl (C=O) groups is 1. The zero-order chi connectivity index (χ0) is 17.7. The third kappa shape index (κ3) is 4.41. The summed E-state index contributed by atoms with van der Waals surface area (Å²) in [4.78, 5) is 12.3. The van der Waals surface area contributed by atoms with Crippen LogP contribution in [-0.2, 0) is 10.0 Å². The summed E-state index contributed by atoms with van der Waals surface area (Å²) in [5, 5.41) is 10.8. The molecule has 1 aromatic heterocycles. The van der Waals surface area contributed by atoms with Gasteiger partial charge in [-0.3, -0.25) is 10.1 Å². The molecule has 7 nitrogen and oxygen atoms in total. The highest BCUT2D eigenvalue weighted by atomic mass is 32.2. The largest absolute Gasteiger partial charge is 0.296 e. The summed E-state index contributed by atoms with van der Waals surface area (Å²) >= 11 is 2.71. The van der Waals surface area contributed by atoms with Crippen LogP contribution in [0.25, 0.3) is 0 Å². The van der Waals surface area contributed by atoms with Crippen LogP contribution in [0.5, 0.6) is 0 Å². The van der Waals surface area contributed by atoms with Gasteiger partial charge in [-0.15, -0.1) is 16.8 Å². The SMILES string of the molecule is C=CCSc1nnc(NC(=O)c2cccc(S(=O)(=O)N(C)C)c2)s1. The number of hydrogen-bond donors (Lipinski definition) is 1. The third-order valence-corrected chi connectivity index (χ3v) is 6.61. The molecule has 0 bridgehead atoms. The molecule has 24 heavy (non-hydrogen) atoms. The van der Waals surface area contributed by atoms with Gasteiger partial charge < -0.3 is 0 Å². The fourth-order valence-corrected chi connectivity index (χ4v) is 4.08. The van der Waals surface area contributed by atoms with Crippen LogP contribution in [0.3, 0.4) is 0 Å². The monoisotopic (exact) mass is 384 g/mol. The van der Waals surface area contributed by atoms with E-state index in [-0.39, 0.29) is 10.5 Å². The number of carbonyl (C=O) groups excluding carboxylic acids is 1. The van der Waals surface area contributed by atoms with Gasteiger partial charge in [0.2, 0.25) is 15.2 Å². The Kier molecular flexibility index (Phi) is 6.10. The van der Waals surface area contributed by atoms with E-state index >= 15 is 0 Å². The van der Waals surface area contributed by atoms with Crippen molar-refractivity contribution in [2.45, 2.75) is 9.24 Å². The van der Waals surface area contributed by atoms with Crippen LogP contribution in [0.2, 0.25) is 0 Å². The summed E-state index contributed by atoms with van der Waals surface area (Å²) in [6.07, 6.45) is 1.75. The van der Waals surface area contributed by atoms with Crippen molar-refractivity contribution in [3.63, 3.8) is 0 Å². The van der Waals surface area contributed by atoms with Gasteiger partial charge in [0, 0.05) is 25.4 Å². The fraction of sp³-hybridized carbons (Fsp3) is 0.214. The van der Waals surface area contributed by atoms with Gasteiger partial charge >= 0.3 is 0 Å². The number of benzene rings is 1. The molecular formula is C14H16N4O3S3. The first kappa shape index (κ1) is 18.6. The van der Waals surface area contributed by atoms with Gasteiger partial charge in [-0.05, 0) is 18.2 Å². The van der Waals surface area contributed by atoms with Crippen molar-refractivity contribution in [2.75, 3.05) is 25.2 Å². The third-order valence-electron chi connectivity index (χ3n) is 2.83. The summed E-state index contributed by atoms with van der Waals surface area (Å²) in [5.41, 5.74) is 0.230. The van der Waals surface area contributed by atoms with Crippen LogP contribution in [0.1, 0.15) is 10.4 Å². The fourth-order valence-electron chi connectivity index (χ4n) is 1.63. The summed E-state index contributed by atoms with van der Waals surface area (Å²) in [6.45, 7) is 3.62. The maximum Gasteiger partial charge on any atom is 0.257 e. The smallest absolute Gasteiger partial charge is 0.257 e. The maximum atomic E-state index is 12.3. The molecule has 1 N–H and O–H groups in total. The Morgan fingerprint density at radius 3 is 2.83 bits per heavy atom. The minimum Gasteiger partial charge on any atom is -0.296 e. The Morgan fingerprint density at radius 1 is 1.42 bits per heavy atom. The summed E-state index contributed by atoms with van der Waals surface area (Å²) in [7, 11) is -0.724. The molecule has 128 valence electrons. The number of rotatable bonds is 7. The lowest BCUT2D eigenvalue weighted by molar-refractivity contribution is 0.102. The van der Waals surface area contributed by atoms with Crippen molar-refractivity contribution >= 4 is 44.2 Å². The number of amides is 1. The predicted octanol–water partition coefficient (Wildman–Crippen LogP) is 2.32. The second kappa shape index (κ2) is 7.88. The number of anilines is 1. The standard InChI is InChI=1S/C14H16N4O3S3/c1-4-8-22-14-17-16-13(23-14)15-12(19)10-6-5-7-11(9-10)24(20,21)18(2)3/h4-7,9H,1,8H2,2-3H3,(H,15,16,19). The topological polar surface area (TPSA) is 92.3 Å². The zero-order valence-electron chi connectivity index (χ0n) is 13.1. The van der Waals surface area contributed by atoms with Gasteiger partial charge in [0.25, 0.3) is 5.91 Å². The van der Waals surface area contributed by atoms with E-state index in [0.29, 0.717) is 15.2 Å². The van der Waals surface area contributed by atoms with Gasteiger partial charge in [0.1, 0.15) is 0 Å². The highest BCUT2D eigenvalue weighted by Crippen LogP contribution is 2.25. The molecule has 1 heterocycles. The van der Waals surface area contributed by atoms with Gasteiger partial charge in [-0.1, -0.05) is 35.2 Å². The molecule has 0 aliphatic carbocycles. The van der Waals surface area contributed by atoms with Crippen LogP contribution in [0.15, 0.2) is 46.2 Å². The molecule has 2 rings (SSSR count). The molecule has 10 heteroatoms. The van der Waals surface area contributed by atoms with E-state index in [0.717, 1.165) is 4.31 Å². The lowest BCUT2D eigenvalue weighted by Crippen LogP contribution is -2.22. The number of aromatic nitrogens is 2. The van der Waals surface area contributed by atoms with Crippen molar-refractivity contribution in [3.05, 3.63) is 42.5 Å². The molecule has 0 fully saturated rings. The van der Waals surface area contributed by atoms with E-state index in [1.165, 1.54) is 55.4 Å². The predicted molar refractivity (Wildman–Crippen MR) is 96.1 cm³/mol. The zero-order valence-corrected chi connectivity index (χ0v) is 15.5. The molecule has 0 atom stereocenters. The number of nitrogens with zero attached hydrogens (tertiary/aromatic N) is 3. The first-order valence-electron chi connectivity index (χ1n) is 6.75. The van der Waals surface area contributed by atoms with E-state index in [1.54, 1.807) is 12.1 Å². The Labute approximate surface area is 148 Å². The van der Waals surface area contributed by atoms with Gasteiger partial charge in [0.05, 0.1) is 4.90 Å². The summed E-state index contributed by atoms with van der Waals surface area (Å²) in [5.74, 6) is 0.259. The molecule has 0 aliphatic rings. The van der Waals surface area contributed by atoms with Gasteiger partial charge in [0.15, 0.2) is 4.34 Å². The second-order valence-electron chi connectivity index (χ2n) is 4.74. The van der Waals surface area contributed by atoms with Gasteiger partial charge in [-0.25, -0.2) is 12.7 Å². The Morgan fingerprint density at radius 2 is 2.17 bits per heavy atom. The average Bonchev–Trinajstić information content (AvgIpc) is 3.00.